The van der Waals surface area contributed by atoms with E-state index in [2.05, 4.69) is 22.0 Å². The molecule has 1 atom stereocenters. The van der Waals surface area contributed by atoms with E-state index in [1.54, 1.807) is 35.1 Å². The van der Waals surface area contributed by atoms with Crippen molar-refractivity contribution in [3.63, 3.8) is 0 Å². The van der Waals surface area contributed by atoms with E-state index >= 15 is 0 Å². The number of benzene rings is 1. The topological polar surface area (TPSA) is 106 Å². The summed E-state index contributed by atoms with van der Waals surface area (Å²) in [5.74, 6) is 0.868. The lowest BCUT2D eigenvalue weighted by Crippen LogP contribution is -2.44. The third-order valence-corrected chi connectivity index (χ3v) is 6.55. The second-order valence-corrected chi connectivity index (χ2v) is 9.66. The summed E-state index contributed by atoms with van der Waals surface area (Å²) >= 11 is 0. The number of morpholine rings is 1. The number of ether oxygens (including phenoxy) is 1. The standard InChI is InChI=1S/C21H22N6O3S/c1-14-13-30-12-11-26(14)19-8-7-18-21(23-19)20(17-9-10-22-24-17)25-27(18)15-3-5-16(6-4-15)31(2,28)29/h3-10,14H,11-13H2,1-2H3,(H,22,24)/t14-/m1/s1. The Morgan fingerprint density at radius 2 is 1.94 bits per heavy atom. The lowest BCUT2D eigenvalue weighted by atomic mass is 10.2. The van der Waals surface area contributed by atoms with Crippen LogP contribution in [0.15, 0.2) is 53.6 Å². The number of H-pyrrole nitrogens is 1. The molecule has 0 aliphatic carbocycles. The van der Waals surface area contributed by atoms with Gasteiger partial charge < -0.3 is 9.64 Å². The molecule has 1 N–H and O–H groups in total. The first-order valence-corrected chi connectivity index (χ1v) is 11.9. The van der Waals surface area contributed by atoms with Crippen molar-refractivity contribution >= 4 is 26.7 Å². The summed E-state index contributed by atoms with van der Waals surface area (Å²) in [5, 5.41) is 11.9. The molecule has 31 heavy (non-hydrogen) atoms. The van der Waals surface area contributed by atoms with Crippen LogP contribution in [0.3, 0.4) is 0 Å². The molecule has 1 fully saturated rings. The highest BCUT2D eigenvalue weighted by molar-refractivity contribution is 7.90. The maximum Gasteiger partial charge on any atom is 0.175 e. The molecule has 10 heteroatoms. The number of aromatic amines is 1. The summed E-state index contributed by atoms with van der Waals surface area (Å²) < 4.78 is 30.9. The molecular weight excluding hydrogens is 416 g/mol. The maximum absolute atomic E-state index is 11.8. The first kappa shape index (κ1) is 19.7. The molecular formula is C21H22N6O3S. The smallest absolute Gasteiger partial charge is 0.175 e. The fraction of sp³-hybridized carbons (Fsp3) is 0.286. The zero-order valence-electron chi connectivity index (χ0n) is 17.2. The summed E-state index contributed by atoms with van der Waals surface area (Å²) in [4.78, 5) is 7.44. The summed E-state index contributed by atoms with van der Waals surface area (Å²) in [6, 6.07) is 12.7. The van der Waals surface area contributed by atoms with E-state index in [1.165, 1.54) is 6.26 Å². The van der Waals surface area contributed by atoms with Crippen LogP contribution in [0, 0.1) is 0 Å². The lowest BCUT2D eigenvalue weighted by Gasteiger charge is -2.34. The molecule has 1 aliphatic rings. The highest BCUT2D eigenvalue weighted by Crippen LogP contribution is 2.30. The van der Waals surface area contributed by atoms with E-state index < -0.39 is 9.84 Å². The molecule has 4 aromatic rings. The number of hydrogen-bond acceptors (Lipinski definition) is 7. The minimum Gasteiger partial charge on any atom is -0.377 e. The van der Waals surface area contributed by atoms with Gasteiger partial charge in [0.1, 0.15) is 22.7 Å². The van der Waals surface area contributed by atoms with Gasteiger partial charge in [-0.2, -0.15) is 10.2 Å². The molecule has 1 aromatic carbocycles. The number of sulfone groups is 1. The van der Waals surface area contributed by atoms with Crippen molar-refractivity contribution in [1.29, 1.82) is 0 Å². The van der Waals surface area contributed by atoms with E-state index in [0.717, 1.165) is 29.1 Å². The third kappa shape index (κ3) is 3.57. The zero-order chi connectivity index (χ0) is 21.6. The Balaban J connectivity index is 1.66. The fourth-order valence-corrected chi connectivity index (χ4v) is 4.44. The van der Waals surface area contributed by atoms with Crippen LogP contribution in [0.25, 0.3) is 28.1 Å². The third-order valence-electron chi connectivity index (χ3n) is 5.43. The van der Waals surface area contributed by atoms with Gasteiger partial charge in [-0.15, -0.1) is 0 Å². The summed E-state index contributed by atoms with van der Waals surface area (Å²) in [7, 11) is -3.27. The number of nitrogens with zero attached hydrogens (tertiary/aromatic N) is 5. The van der Waals surface area contributed by atoms with Crippen LogP contribution >= 0.6 is 0 Å². The van der Waals surface area contributed by atoms with Crippen LogP contribution in [-0.2, 0) is 14.6 Å². The van der Waals surface area contributed by atoms with E-state index in [-0.39, 0.29) is 10.9 Å². The Labute approximate surface area is 179 Å². The van der Waals surface area contributed by atoms with Crippen LogP contribution in [0.5, 0.6) is 0 Å². The minimum atomic E-state index is -3.27. The van der Waals surface area contributed by atoms with Crippen molar-refractivity contribution in [3.8, 4) is 17.1 Å². The molecule has 4 heterocycles. The summed E-state index contributed by atoms with van der Waals surface area (Å²) in [6.07, 6.45) is 2.94. The number of rotatable bonds is 4. The van der Waals surface area contributed by atoms with Gasteiger partial charge in [-0.3, -0.25) is 5.10 Å². The van der Waals surface area contributed by atoms with Crippen molar-refractivity contribution < 1.29 is 13.2 Å². The molecule has 5 rings (SSSR count). The predicted octanol–water partition coefficient (Wildman–Crippen LogP) is 2.44. The van der Waals surface area contributed by atoms with Gasteiger partial charge >= 0.3 is 0 Å². The van der Waals surface area contributed by atoms with E-state index in [9.17, 15) is 8.42 Å². The SMILES string of the molecule is C[C@@H]1COCCN1c1ccc2c(n1)c(-c1cc[nH]n1)nn2-c1ccc(S(C)(=O)=O)cc1. The number of anilines is 1. The first-order valence-electron chi connectivity index (χ1n) is 9.96. The minimum absolute atomic E-state index is 0.228. The summed E-state index contributed by atoms with van der Waals surface area (Å²) in [5.41, 5.74) is 3.64. The molecule has 1 aliphatic heterocycles. The van der Waals surface area contributed by atoms with Gasteiger partial charge in [-0.25, -0.2) is 18.1 Å². The van der Waals surface area contributed by atoms with Crippen molar-refractivity contribution in [1.82, 2.24) is 25.0 Å². The average Bonchev–Trinajstić information content (AvgIpc) is 3.41. The Morgan fingerprint density at radius 1 is 1.13 bits per heavy atom. The first-order chi connectivity index (χ1) is 14.9. The molecule has 1 saturated heterocycles. The lowest BCUT2D eigenvalue weighted by molar-refractivity contribution is 0.0986. The number of nitrogens with one attached hydrogen (secondary N) is 1. The van der Waals surface area contributed by atoms with Crippen molar-refractivity contribution in [2.75, 3.05) is 30.9 Å². The van der Waals surface area contributed by atoms with E-state index in [0.29, 0.717) is 24.6 Å². The van der Waals surface area contributed by atoms with Crippen LogP contribution in [-0.4, -0.2) is 65.4 Å². The van der Waals surface area contributed by atoms with E-state index in [1.807, 2.05) is 18.2 Å². The van der Waals surface area contributed by atoms with Crippen LogP contribution in [0.1, 0.15) is 6.92 Å². The molecule has 0 unspecified atom stereocenters. The molecule has 0 bridgehead atoms. The van der Waals surface area contributed by atoms with E-state index in [4.69, 9.17) is 14.8 Å². The van der Waals surface area contributed by atoms with Crippen LogP contribution < -0.4 is 4.90 Å². The number of pyridine rings is 1. The van der Waals surface area contributed by atoms with Gasteiger partial charge in [0, 0.05) is 19.0 Å². The van der Waals surface area contributed by atoms with Gasteiger partial charge in [0.05, 0.1) is 35.4 Å². The monoisotopic (exact) mass is 438 g/mol. The Bertz CT molecular complexity index is 1330. The Hall–Kier alpha value is -3.24. The summed E-state index contributed by atoms with van der Waals surface area (Å²) in [6.45, 7) is 4.23. The quantitative estimate of drug-likeness (QED) is 0.522. The molecule has 0 amide bonds. The Kier molecular flexibility index (Phi) is 4.75. The molecule has 0 radical (unpaired) electrons. The molecule has 9 nitrogen and oxygen atoms in total. The molecule has 3 aromatic heterocycles. The number of hydrogen-bond donors (Lipinski definition) is 1. The number of aromatic nitrogens is 5. The van der Waals surface area contributed by atoms with Gasteiger partial charge in [-0.1, -0.05) is 0 Å². The van der Waals surface area contributed by atoms with Gasteiger partial charge in [0.15, 0.2) is 9.84 Å². The Morgan fingerprint density at radius 3 is 2.61 bits per heavy atom. The maximum atomic E-state index is 11.8. The van der Waals surface area contributed by atoms with Crippen LogP contribution in [0.4, 0.5) is 5.82 Å². The largest absolute Gasteiger partial charge is 0.377 e. The van der Waals surface area contributed by atoms with Gasteiger partial charge in [0.2, 0.25) is 0 Å². The molecule has 0 spiro atoms. The van der Waals surface area contributed by atoms with Crippen molar-refractivity contribution in [2.45, 2.75) is 17.9 Å². The van der Waals surface area contributed by atoms with Crippen LogP contribution in [0.2, 0.25) is 0 Å². The normalized spacial score (nSPS) is 17.4. The van der Waals surface area contributed by atoms with Crippen molar-refractivity contribution in [3.05, 3.63) is 48.7 Å². The second kappa shape index (κ2) is 7.47. The molecule has 160 valence electrons. The highest BCUT2D eigenvalue weighted by atomic mass is 32.2. The number of fused-ring (bicyclic) bond motifs is 1. The highest BCUT2D eigenvalue weighted by Gasteiger charge is 2.23. The zero-order valence-corrected chi connectivity index (χ0v) is 18.0. The fourth-order valence-electron chi connectivity index (χ4n) is 3.81. The van der Waals surface area contributed by atoms with Gasteiger partial charge in [0.25, 0.3) is 0 Å². The predicted molar refractivity (Wildman–Crippen MR) is 117 cm³/mol. The second-order valence-electron chi connectivity index (χ2n) is 7.64. The van der Waals surface area contributed by atoms with Crippen molar-refractivity contribution in [2.24, 2.45) is 0 Å². The molecule has 0 saturated carbocycles. The average molecular weight is 439 g/mol. The van der Waals surface area contributed by atoms with Gasteiger partial charge in [-0.05, 0) is 49.4 Å².